The number of amides is 3. The van der Waals surface area contributed by atoms with Gasteiger partial charge in [-0.15, -0.1) is 0 Å². The molecule has 0 radical (unpaired) electrons. The van der Waals surface area contributed by atoms with Crippen molar-refractivity contribution < 1.29 is 14.4 Å². The average Bonchev–Trinajstić information content (AvgIpc) is 3.38. The molecule has 3 saturated heterocycles. The van der Waals surface area contributed by atoms with Crippen molar-refractivity contribution in [3.05, 3.63) is 34.9 Å². The Bertz CT molecular complexity index is 858. The third-order valence-corrected chi connectivity index (χ3v) is 6.99. The maximum Gasteiger partial charge on any atom is 0.255 e. The first-order chi connectivity index (χ1) is 14.6. The van der Waals surface area contributed by atoms with Crippen LogP contribution < -0.4 is 10.6 Å². The van der Waals surface area contributed by atoms with Crippen molar-refractivity contribution in [3.8, 4) is 0 Å². The summed E-state index contributed by atoms with van der Waals surface area (Å²) in [6.07, 6.45) is 1.92. The van der Waals surface area contributed by atoms with E-state index in [1.165, 1.54) is 6.42 Å². The summed E-state index contributed by atoms with van der Waals surface area (Å²) in [5.74, 6) is -0.689. The molecule has 160 valence electrons. The van der Waals surface area contributed by atoms with Gasteiger partial charge in [0, 0.05) is 63.8 Å². The summed E-state index contributed by atoms with van der Waals surface area (Å²) >= 11 is 0. The Balaban J connectivity index is 1.26. The van der Waals surface area contributed by atoms with E-state index in [9.17, 15) is 14.4 Å². The van der Waals surface area contributed by atoms with E-state index in [4.69, 9.17) is 0 Å². The number of imide groups is 1. The lowest BCUT2D eigenvalue weighted by Crippen LogP contribution is -2.52. The Kier molecular flexibility index (Phi) is 5.30. The number of benzene rings is 1. The van der Waals surface area contributed by atoms with E-state index in [2.05, 4.69) is 20.4 Å². The first-order valence-electron chi connectivity index (χ1n) is 11.0. The van der Waals surface area contributed by atoms with Crippen LogP contribution in [0.5, 0.6) is 0 Å². The Morgan fingerprint density at radius 2 is 1.87 bits per heavy atom. The van der Waals surface area contributed by atoms with Crippen LogP contribution in [0, 0.1) is 0 Å². The summed E-state index contributed by atoms with van der Waals surface area (Å²) in [5.41, 5.74) is 2.78. The molecule has 0 bridgehead atoms. The van der Waals surface area contributed by atoms with Crippen molar-refractivity contribution in [1.82, 2.24) is 25.3 Å². The molecule has 1 aromatic rings. The van der Waals surface area contributed by atoms with Crippen LogP contribution in [0.15, 0.2) is 18.2 Å². The van der Waals surface area contributed by atoms with Gasteiger partial charge < -0.3 is 10.2 Å². The van der Waals surface area contributed by atoms with E-state index in [-0.39, 0.29) is 24.1 Å². The minimum absolute atomic E-state index is 0.0780. The molecule has 0 aliphatic carbocycles. The van der Waals surface area contributed by atoms with Gasteiger partial charge in [-0.25, -0.2) is 0 Å². The Morgan fingerprint density at radius 1 is 1.03 bits per heavy atom. The van der Waals surface area contributed by atoms with E-state index in [1.54, 1.807) is 4.90 Å². The minimum atomic E-state index is -0.556. The summed E-state index contributed by atoms with van der Waals surface area (Å²) in [6.45, 7) is 7.56. The summed E-state index contributed by atoms with van der Waals surface area (Å²) in [5, 5.41) is 5.82. The highest BCUT2D eigenvalue weighted by atomic mass is 16.2. The molecule has 4 aliphatic rings. The fourth-order valence-corrected chi connectivity index (χ4v) is 5.30. The van der Waals surface area contributed by atoms with E-state index in [0.717, 1.165) is 62.5 Å². The number of nitrogens with one attached hydrogen (secondary N) is 2. The number of rotatable bonds is 4. The molecule has 5 rings (SSSR count). The van der Waals surface area contributed by atoms with E-state index in [0.29, 0.717) is 19.0 Å². The van der Waals surface area contributed by atoms with Crippen LogP contribution in [-0.2, 0) is 22.7 Å². The smallest absolute Gasteiger partial charge is 0.255 e. The van der Waals surface area contributed by atoms with Crippen LogP contribution in [0.4, 0.5) is 0 Å². The zero-order chi connectivity index (χ0) is 20.7. The van der Waals surface area contributed by atoms with Crippen LogP contribution in [0.3, 0.4) is 0 Å². The van der Waals surface area contributed by atoms with Gasteiger partial charge in [-0.2, -0.15) is 0 Å². The largest absolute Gasteiger partial charge is 0.322 e. The molecule has 2 atom stereocenters. The van der Waals surface area contributed by atoms with Crippen LogP contribution in [0.25, 0.3) is 0 Å². The Morgan fingerprint density at radius 3 is 2.60 bits per heavy atom. The molecule has 8 nitrogen and oxygen atoms in total. The molecule has 30 heavy (non-hydrogen) atoms. The quantitative estimate of drug-likeness (QED) is 0.675. The van der Waals surface area contributed by atoms with Crippen molar-refractivity contribution >= 4 is 17.7 Å². The van der Waals surface area contributed by atoms with Gasteiger partial charge in [0.1, 0.15) is 6.04 Å². The van der Waals surface area contributed by atoms with Gasteiger partial charge in [0.15, 0.2) is 0 Å². The maximum absolute atomic E-state index is 13.2. The highest BCUT2D eigenvalue weighted by molar-refractivity contribution is 6.05. The summed E-state index contributed by atoms with van der Waals surface area (Å²) in [4.78, 5) is 43.6. The van der Waals surface area contributed by atoms with Crippen LogP contribution in [0.1, 0.15) is 40.7 Å². The summed E-state index contributed by atoms with van der Waals surface area (Å²) < 4.78 is 0. The van der Waals surface area contributed by atoms with Crippen LogP contribution in [-0.4, -0.2) is 83.8 Å². The number of hydrogen-bond acceptors (Lipinski definition) is 6. The second-order valence-electron chi connectivity index (χ2n) is 8.81. The number of carbonyl (C=O) groups is 3. The SMILES string of the molecule is O=C1CCC(N2Cc3cccc(CN4CCN([C@@H]5CCNC5)CC4)c3C2=O)C(=O)N1. The van der Waals surface area contributed by atoms with Gasteiger partial charge in [0.05, 0.1) is 0 Å². The zero-order valence-electron chi connectivity index (χ0n) is 17.2. The van der Waals surface area contributed by atoms with Crippen LogP contribution in [0.2, 0.25) is 0 Å². The number of fused-ring (bicyclic) bond motifs is 1. The van der Waals surface area contributed by atoms with Gasteiger partial charge >= 0.3 is 0 Å². The first-order valence-corrected chi connectivity index (χ1v) is 11.0. The monoisotopic (exact) mass is 411 g/mol. The van der Waals surface area contributed by atoms with Gasteiger partial charge in [0.2, 0.25) is 11.8 Å². The molecule has 0 aromatic heterocycles. The maximum atomic E-state index is 13.2. The predicted octanol–water partition coefficient (Wildman–Crippen LogP) is -0.0729. The third kappa shape index (κ3) is 3.64. The van der Waals surface area contributed by atoms with E-state index >= 15 is 0 Å². The van der Waals surface area contributed by atoms with E-state index in [1.807, 2.05) is 18.2 Å². The van der Waals surface area contributed by atoms with Crippen molar-refractivity contribution in [3.63, 3.8) is 0 Å². The third-order valence-electron chi connectivity index (χ3n) is 6.99. The number of hydrogen-bond donors (Lipinski definition) is 2. The number of piperidine rings is 1. The molecule has 3 amide bonds. The topological polar surface area (TPSA) is 85.0 Å². The second kappa shape index (κ2) is 8.09. The summed E-state index contributed by atoms with van der Waals surface area (Å²) in [6, 6.07) is 6.14. The average molecular weight is 412 g/mol. The number of piperazine rings is 1. The molecule has 0 saturated carbocycles. The fraction of sp³-hybridized carbons (Fsp3) is 0.591. The zero-order valence-corrected chi connectivity index (χ0v) is 17.2. The molecule has 8 heteroatoms. The Hall–Kier alpha value is -2.29. The summed E-state index contributed by atoms with van der Waals surface area (Å²) in [7, 11) is 0. The van der Waals surface area contributed by atoms with Gasteiger partial charge in [-0.05, 0) is 30.5 Å². The molecule has 1 aromatic carbocycles. The van der Waals surface area contributed by atoms with Crippen LogP contribution >= 0.6 is 0 Å². The molecule has 3 fully saturated rings. The fourth-order valence-electron chi connectivity index (χ4n) is 5.30. The normalized spacial score (nSPS) is 28.1. The number of carbonyl (C=O) groups excluding carboxylic acids is 3. The van der Waals surface area contributed by atoms with Gasteiger partial charge in [-0.3, -0.25) is 29.5 Å². The first kappa shape index (κ1) is 19.7. The lowest BCUT2D eigenvalue weighted by Gasteiger charge is -2.38. The van der Waals surface area contributed by atoms with Gasteiger partial charge in [0.25, 0.3) is 5.91 Å². The molecule has 4 aliphatic heterocycles. The lowest BCUT2D eigenvalue weighted by atomic mass is 10.0. The highest BCUT2D eigenvalue weighted by Gasteiger charge is 2.40. The standard InChI is InChI=1S/C22H29N5O3/c28-19-5-4-18(21(29)24-19)27-14-16-3-1-2-15(20(16)22(27)30)13-25-8-10-26(11-9-25)17-6-7-23-12-17/h1-3,17-18,23H,4-14H2,(H,24,28,29)/t17-,18?/m1/s1. The van der Waals surface area contributed by atoms with Crippen molar-refractivity contribution in [2.75, 3.05) is 39.3 Å². The van der Waals surface area contributed by atoms with Gasteiger partial charge in [-0.1, -0.05) is 18.2 Å². The van der Waals surface area contributed by atoms with E-state index < -0.39 is 6.04 Å². The molecule has 1 unspecified atom stereocenters. The Labute approximate surface area is 176 Å². The number of nitrogens with zero attached hydrogens (tertiary/aromatic N) is 3. The molecular weight excluding hydrogens is 382 g/mol. The minimum Gasteiger partial charge on any atom is -0.322 e. The van der Waals surface area contributed by atoms with Crippen molar-refractivity contribution in [2.24, 2.45) is 0 Å². The molecule has 4 heterocycles. The highest BCUT2D eigenvalue weighted by Crippen LogP contribution is 2.30. The molecule has 0 spiro atoms. The molecule has 2 N–H and O–H groups in total. The van der Waals surface area contributed by atoms with Crippen molar-refractivity contribution in [2.45, 2.75) is 44.4 Å². The molecular formula is C22H29N5O3. The predicted molar refractivity (Wildman–Crippen MR) is 111 cm³/mol. The lowest BCUT2D eigenvalue weighted by molar-refractivity contribution is -0.136. The second-order valence-corrected chi connectivity index (χ2v) is 8.81. The van der Waals surface area contributed by atoms with Crippen molar-refractivity contribution in [1.29, 1.82) is 0 Å².